The van der Waals surface area contributed by atoms with Crippen molar-refractivity contribution >= 4 is 33.2 Å². The first-order valence-corrected chi connectivity index (χ1v) is 15.3. The van der Waals surface area contributed by atoms with Crippen molar-refractivity contribution in [3.05, 3.63) is 168 Å². The van der Waals surface area contributed by atoms with Crippen LogP contribution in [0, 0.1) is 0 Å². The minimum atomic E-state index is -0.396. The van der Waals surface area contributed by atoms with E-state index >= 15 is 0 Å². The van der Waals surface area contributed by atoms with E-state index in [1.165, 1.54) is 32.8 Å². The Kier molecular flexibility index (Phi) is 6.69. The molecule has 0 saturated heterocycles. The lowest BCUT2D eigenvalue weighted by Gasteiger charge is -2.25. The van der Waals surface area contributed by atoms with Crippen molar-refractivity contribution < 1.29 is 0 Å². The van der Waals surface area contributed by atoms with Gasteiger partial charge in [0, 0.05) is 16.7 Å². The summed E-state index contributed by atoms with van der Waals surface area (Å²) in [5.41, 5.74) is 7.97. The summed E-state index contributed by atoms with van der Waals surface area (Å²) in [4.78, 5) is 10.6. The van der Waals surface area contributed by atoms with Gasteiger partial charge in [0.2, 0.25) is 0 Å². The van der Waals surface area contributed by atoms with Crippen molar-refractivity contribution in [3.8, 4) is 22.3 Å². The topological polar surface area (TPSA) is 36.8 Å². The number of nitrogens with one attached hydrogen (secondary N) is 1. The predicted octanol–water partition coefficient (Wildman–Crippen LogP) is 10.1. The zero-order chi connectivity index (χ0) is 29.3. The quantitative estimate of drug-likeness (QED) is 0.222. The highest BCUT2D eigenvalue weighted by Gasteiger charge is 2.24. The molecule has 1 aliphatic carbocycles. The number of hydrogen-bond donors (Lipinski definition) is 1. The zero-order valence-electron chi connectivity index (χ0n) is 24.3. The maximum Gasteiger partial charge on any atom is 0.170 e. The molecule has 44 heavy (non-hydrogen) atoms. The second-order valence-corrected chi connectivity index (χ2v) is 11.3. The van der Waals surface area contributed by atoms with E-state index in [0.29, 0.717) is 0 Å². The van der Waals surface area contributed by atoms with Crippen LogP contribution >= 0.6 is 0 Å². The predicted molar refractivity (Wildman–Crippen MR) is 185 cm³/mol. The monoisotopic (exact) mass is 565 g/mol. The molecule has 0 fully saturated rings. The molecule has 2 aliphatic rings. The van der Waals surface area contributed by atoms with Crippen LogP contribution in [0.25, 0.3) is 43.8 Å². The Morgan fingerprint density at radius 1 is 0.523 bits per heavy atom. The fourth-order valence-corrected chi connectivity index (χ4v) is 6.29. The smallest absolute Gasteiger partial charge is 0.170 e. The Morgan fingerprint density at radius 3 is 2.14 bits per heavy atom. The van der Waals surface area contributed by atoms with Gasteiger partial charge in [0.1, 0.15) is 11.7 Å². The minimum absolute atomic E-state index is 0.396. The third kappa shape index (κ3) is 4.93. The molecule has 3 heteroatoms. The molecule has 8 rings (SSSR count). The van der Waals surface area contributed by atoms with Crippen LogP contribution in [0.3, 0.4) is 0 Å². The lowest BCUT2D eigenvalue weighted by molar-refractivity contribution is 0.757. The molecule has 6 aromatic carbocycles. The van der Waals surface area contributed by atoms with Crippen molar-refractivity contribution in [3.63, 3.8) is 0 Å². The average Bonchev–Trinajstić information content (AvgIpc) is 3.11. The number of fused-ring (bicyclic) bond motifs is 2. The number of allylic oxidation sites excluding steroid dienone is 2. The van der Waals surface area contributed by atoms with E-state index in [1.54, 1.807) is 0 Å². The van der Waals surface area contributed by atoms with Crippen LogP contribution in [0.2, 0.25) is 0 Å². The second-order valence-electron chi connectivity index (χ2n) is 11.3. The third-order valence-electron chi connectivity index (χ3n) is 8.55. The van der Waals surface area contributed by atoms with Crippen LogP contribution in [-0.4, -0.2) is 11.7 Å². The molecule has 0 aromatic heterocycles. The Labute approximate surface area is 257 Å². The van der Waals surface area contributed by atoms with E-state index in [-0.39, 0.29) is 0 Å². The van der Waals surface area contributed by atoms with E-state index in [0.717, 1.165) is 52.2 Å². The maximum atomic E-state index is 5.34. The van der Waals surface area contributed by atoms with E-state index < -0.39 is 6.17 Å². The molecule has 1 unspecified atom stereocenters. The molecule has 6 aromatic rings. The lowest BCUT2D eigenvalue weighted by atomic mass is 9.95. The minimum Gasteiger partial charge on any atom is -0.324 e. The highest BCUT2D eigenvalue weighted by Crippen LogP contribution is 2.35. The first-order valence-electron chi connectivity index (χ1n) is 15.3. The Bertz CT molecular complexity index is 2150. The van der Waals surface area contributed by atoms with Crippen LogP contribution in [0.1, 0.15) is 30.1 Å². The first-order chi connectivity index (χ1) is 21.8. The number of benzene rings is 6. The summed E-state index contributed by atoms with van der Waals surface area (Å²) in [6.45, 7) is 0. The summed E-state index contributed by atoms with van der Waals surface area (Å²) in [5.74, 6) is 1.70. The van der Waals surface area contributed by atoms with Gasteiger partial charge in [0.25, 0.3) is 0 Å². The SMILES string of the molecule is C1=CC(C2=NC(c3ccccc3-c3ccc4ccccc4c3)N=C(c3cccc4ccc(-c5ccccc5)cc34)N2)=CCC1. The maximum absolute atomic E-state index is 5.34. The van der Waals surface area contributed by atoms with Crippen LogP contribution in [-0.2, 0) is 0 Å². The average molecular weight is 566 g/mol. The highest BCUT2D eigenvalue weighted by molar-refractivity contribution is 6.20. The number of hydrogen-bond acceptors (Lipinski definition) is 3. The van der Waals surface area contributed by atoms with Crippen molar-refractivity contribution in [2.75, 3.05) is 0 Å². The summed E-state index contributed by atoms with van der Waals surface area (Å²) in [7, 11) is 0. The van der Waals surface area contributed by atoms with E-state index in [1.807, 2.05) is 0 Å². The van der Waals surface area contributed by atoms with E-state index in [9.17, 15) is 0 Å². The van der Waals surface area contributed by atoms with Crippen molar-refractivity contribution in [2.45, 2.75) is 19.0 Å². The largest absolute Gasteiger partial charge is 0.324 e. The standard InChI is InChI=1S/C41H31N3/c1-3-12-28(13-4-1)33-24-23-30-18-11-21-37(38(30)27-33)41-43-39(31-15-5-2-6-16-31)42-40(44-41)36-20-10-9-19-35(36)34-25-22-29-14-7-8-17-32(29)26-34/h1,3-5,7-27,40H,2,6H2,(H,42,43,44). The molecule has 0 spiro atoms. The number of amidine groups is 2. The zero-order valence-corrected chi connectivity index (χ0v) is 24.3. The molecule has 3 nitrogen and oxygen atoms in total. The van der Waals surface area contributed by atoms with Crippen molar-refractivity contribution in [1.82, 2.24) is 5.32 Å². The molecule has 0 amide bonds. The molecule has 0 radical (unpaired) electrons. The van der Waals surface area contributed by atoms with E-state index in [2.05, 4.69) is 157 Å². The summed E-state index contributed by atoms with van der Waals surface area (Å²) in [6, 6.07) is 47.4. The van der Waals surface area contributed by atoms with Crippen LogP contribution in [0.15, 0.2) is 167 Å². The van der Waals surface area contributed by atoms with Crippen LogP contribution in [0.5, 0.6) is 0 Å². The molecule has 1 atom stereocenters. The van der Waals surface area contributed by atoms with Crippen LogP contribution < -0.4 is 5.32 Å². The number of nitrogens with zero attached hydrogens (tertiary/aromatic N) is 2. The summed E-state index contributed by atoms with van der Waals surface area (Å²) in [5, 5.41) is 8.46. The van der Waals surface area contributed by atoms with Crippen LogP contribution in [0.4, 0.5) is 0 Å². The Morgan fingerprint density at radius 2 is 1.25 bits per heavy atom. The fraction of sp³-hybridized carbons (Fsp3) is 0.0732. The summed E-state index contributed by atoms with van der Waals surface area (Å²) < 4.78 is 0. The van der Waals surface area contributed by atoms with Gasteiger partial charge in [-0.3, -0.25) is 0 Å². The number of aliphatic imine (C=N–C) groups is 2. The van der Waals surface area contributed by atoms with Gasteiger partial charge in [-0.15, -0.1) is 0 Å². The molecule has 210 valence electrons. The van der Waals surface area contributed by atoms with Gasteiger partial charge >= 0.3 is 0 Å². The Balaban J connectivity index is 1.28. The molecule has 1 N–H and O–H groups in total. The molecule has 1 aliphatic heterocycles. The third-order valence-corrected chi connectivity index (χ3v) is 8.55. The molecule has 0 saturated carbocycles. The fourth-order valence-electron chi connectivity index (χ4n) is 6.29. The van der Waals surface area contributed by atoms with Gasteiger partial charge in [-0.1, -0.05) is 140 Å². The van der Waals surface area contributed by atoms with E-state index in [4.69, 9.17) is 9.98 Å². The molecular formula is C41H31N3. The highest BCUT2D eigenvalue weighted by atomic mass is 15.2. The first kappa shape index (κ1) is 26.1. The van der Waals surface area contributed by atoms with Gasteiger partial charge in [-0.25, -0.2) is 9.98 Å². The summed E-state index contributed by atoms with van der Waals surface area (Å²) in [6.07, 6.45) is 8.35. The molecule has 1 heterocycles. The molecule has 0 bridgehead atoms. The van der Waals surface area contributed by atoms with Gasteiger partial charge < -0.3 is 5.32 Å². The van der Waals surface area contributed by atoms with Gasteiger partial charge in [-0.05, 0) is 68.8 Å². The summed E-state index contributed by atoms with van der Waals surface area (Å²) >= 11 is 0. The normalized spacial score (nSPS) is 16.3. The second kappa shape index (κ2) is 11.3. The van der Waals surface area contributed by atoms with Gasteiger partial charge in [-0.2, -0.15) is 0 Å². The lowest BCUT2D eigenvalue weighted by Crippen LogP contribution is -2.36. The Hall–Kier alpha value is -5.54. The van der Waals surface area contributed by atoms with Crippen molar-refractivity contribution in [1.29, 1.82) is 0 Å². The van der Waals surface area contributed by atoms with Gasteiger partial charge in [0.15, 0.2) is 6.17 Å². The van der Waals surface area contributed by atoms with Crippen molar-refractivity contribution in [2.24, 2.45) is 9.98 Å². The molecular weight excluding hydrogens is 534 g/mol. The van der Waals surface area contributed by atoms with Gasteiger partial charge in [0.05, 0.1) is 0 Å². The number of rotatable bonds is 5.